The lowest BCUT2D eigenvalue weighted by Crippen LogP contribution is -2.49. The second-order valence-corrected chi connectivity index (χ2v) is 6.98. The van der Waals surface area contributed by atoms with E-state index in [-0.39, 0.29) is 5.91 Å². The number of rotatable bonds is 4. The fourth-order valence-corrected chi connectivity index (χ4v) is 3.45. The third kappa shape index (κ3) is 3.27. The van der Waals surface area contributed by atoms with Crippen LogP contribution in [0.2, 0.25) is 0 Å². The number of carbonyl (C=O) groups is 1. The molecule has 7 nitrogen and oxygen atoms in total. The molecule has 0 spiro atoms. The molecule has 1 amide bonds. The van der Waals surface area contributed by atoms with E-state index in [1.807, 2.05) is 0 Å². The van der Waals surface area contributed by atoms with Crippen LogP contribution in [0, 0.1) is 0 Å². The van der Waals surface area contributed by atoms with Gasteiger partial charge in [0.1, 0.15) is 5.76 Å². The second-order valence-electron chi connectivity index (χ2n) is 6.98. The van der Waals surface area contributed by atoms with Crippen LogP contribution in [0.5, 0.6) is 0 Å². The van der Waals surface area contributed by atoms with Crippen molar-refractivity contribution in [1.82, 2.24) is 15.0 Å². The Morgan fingerprint density at radius 1 is 1.35 bits per heavy atom. The zero-order valence-electron chi connectivity index (χ0n) is 13.2. The van der Waals surface area contributed by atoms with Crippen molar-refractivity contribution in [3.8, 4) is 0 Å². The van der Waals surface area contributed by atoms with Gasteiger partial charge in [-0.3, -0.25) is 9.69 Å². The summed E-state index contributed by atoms with van der Waals surface area (Å²) in [6.07, 6.45) is 2.83. The van der Waals surface area contributed by atoms with Gasteiger partial charge in [0.2, 0.25) is 0 Å². The fraction of sp³-hybridized carbons (Fsp3) is 0.750. The molecule has 0 aromatic carbocycles. The highest BCUT2D eigenvalue weighted by molar-refractivity contribution is 5.92. The molecule has 23 heavy (non-hydrogen) atoms. The number of ether oxygens (including phenoxy) is 1. The van der Waals surface area contributed by atoms with Gasteiger partial charge in [-0.15, -0.1) is 0 Å². The summed E-state index contributed by atoms with van der Waals surface area (Å²) in [5, 5.41) is 14.7. The summed E-state index contributed by atoms with van der Waals surface area (Å²) in [6, 6.07) is 1.76. The largest absolute Gasteiger partial charge is 0.387 e. The lowest BCUT2D eigenvalue weighted by molar-refractivity contribution is -0.0257. The highest BCUT2D eigenvalue weighted by Crippen LogP contribution is 2.40. The van der Waals surface area contributed by atoms with E-state index in [4.69, 9.17) is 9.26 Å². The van der Waals surface area contributed by atoms with Crippen molar-refractivity contribution in [2.24, 2.45) is 0 Å². The molecule has 1 aromatic heterocycles. The molecule has 0 unspecified atom stereocenters. The van der Waals surface area contributed by atoms with Gasteiger partial charge >= 0.3 is 0 Å². The number of carbonyl (C=O) groups excluding carboxylic acids is 1. The molecule has 1 saturated carbocycles. The van der Waals surface area contributed by atoms with Gasteiger partial charge in [-0.25, -0.2) is 0 Å². The third-order valence-electron chi connectivity index (χ3n) is 4.97. The molecule has 126 valence electrons. The molecule has 0 bridgehead atoms. The minimum Gasteiger partial charge on any atom is -0.387 e. The summed E-state index contributed by atoms with van der Waals surface area (Å²) >= 11 is 0. The molecule has 1 N–H and O–H groups in total. The number of hydrogen-bond acceptors (Lipinski definition) is 6. The summed E-state index contributed by atoms with van der Waals surface area (Å²) in [5.74, 6) is 1.12. The molecule has 3 aliphatic rings. The number of nitrogens with zero attached hydrogens (tertiary/aromatic N) is 3. The summed E-state index contributed by atoms with van der Waals surface area (Å²) in [6.45, 7) is 4.60. The molecular weight excluding hydrogens is 298 g/mol. The van der Waals surface area contributed by atoms with Crippen LogP contribution in [0.3, 0.4) is 0 Å². The molecule has 4 rings (SSSR count). The van der Waals surface area contributed by atoms with Gasteiger partial charge in [-0.05, 0) is 19.3 Å². The SMILES string of the molecule is O=C(c1cc(C2CC2)on1)N1CC[C@@](O)(CN2CCOCC2)C1. The molecule has 3 fully saturated rings. The second kappa shape index (κ2) is 5.89. The van der Waals surface area contributed by atoms with Crippen LogP contribution in [0.15, 0.2) is 10.6 Å². The van der Waals surface area contributed by atoms with Crippen LogP contribution in [0.4, 0.5) is 0 Å². The molecule has 1 atom stereocenters. The molecule has 1 aliphatic carbocycles. The predicted molar refractivity (Wildman–Crippen MR) is 81.2 cm³/mol. The third-order valence-corrected chi connectivity index (χ3v) is 4.97. The number of β-amino-alcohol motifs (C(OH)–C–C–N with tert-alkyl or cyclic N) is 1. The van der Waals surface area contributed by atoms with Crippen LogP contribution < -0.4 is 0 Å². The van der Waals surface area contributed by atoms with E-state index in [1.54, 1.807) is 11.0 Å². The first-order valence-corrected chi connectivity index (χ1v) is 8.41. The van der Waals surface area contributed by atoms with E-state index in [0.717, 1.165) is 31.7 Å². The smallest absolute Gasteiger partial charge is 0.276 e. The molecule has 1 aromatic rings. The molecule has 2 saturated heterocycles. The average molecular weight is 321 g/mol. The number of aliphatic hydroxyl groups is 1. The fourth-order valence-electron chi connectivity index (χ4n) is 3.45. The van der Waals surface area contributed by atoms with Gasteiger partial charge in [-0.2, -0.15) is 0 Å². The van der Waals surface area contributed by atoms with E-state index in [0.29, 0.717) is 50.9 Å². The highest BCUT2D eigenvalue weighted by atomic mass is 16.5. The highest BCUT2D eigenvalue weighted by Gasteiger charge is 2.40. The first-order valence-electron chi connectivity index (χ1n) is 8.41. The predicted octanol–water partition coefficient (Wildman–Crippen LogP) is 0.461. The number of likely N-dealkylation sites (tertiary alicyclic amines) is 1. The molecular formula is C16H23N3O4. The van der Waals surface area contributed by atoms with E-state index >= 15 is 0 Å². The van der Waals surface area contributed by atoms with Crippen LogP contribution in [-0.2, 0) is 4.74 Å². The Bertz CT molecular complexity index is 580. The Kier molecular flexibility index (Phi) is 3.87. The quantitative estimate of drug-likeness (QED) is 0.868. The van der Waals surface area contributed by atoms with Gasteiger partial charge in [0.05, 0.1) is 25.4 Å². The first kappa shape index (κ1) is 15.1. The van der Waals surface area contributed by atoms with Gasteiger partial charge in [0.25, 0.3) is 5.91 Å². The van der Waals surface area contributed by atoms with Crippen molar-refractivity contribution < 1.29 is 19.2 Å². The average Bonchev–Trinajstić information content (AvgIpc) is 3.16. The Balaban J connectivity index is 1.37. The van der Waals surface area contributed by atoms with Crippen molar-refractivity contribution in [3.05, 3.63) is 17.5 Å². The Hall–Kier alpha value is -1.44. The van der Waals surface area contributed by atoms with E-state index in [1.165, 1.54) is 0 Å². The number of hydrogen-bond donors (Lipinski definition) is 1. The monoisotopic (exact) mass is 321 g/mol. The van der Waals surface area contributed by atoms with E-state index in [9.17, 15) is 9.90 Å². The lowest BCUT2D eigenvalue weighted by atomic mass is 10.0. The van der Waals surface area contributed by atoms with Gasteiger partial charge in [-0.1, -0.05) is 5.16 Å². The molecule has 7 heteroatoms. The first-order chi connectivity index (χ1) is 11.1. The van der Waals surface area contributed by atoms with Crippen molar-refractivity contribution in [1.29, 1.82) is 0 Å². The summed E-state index contributed by atoms with van der Waals surface area (Å²) < 4.78 is 10.6. The van der Waals surface area contributed by atoms with Crippen LogP contribution in [-0.4, -0.2) is 77.5 Å². The lowest BCUT2D eigenvalue weighted by Gasteiger charge is -2.33. The van der Waals surface area contributed by atoms with Gasteiger partial charge in [0.15, 0.2) is 5.69 Å². The minimum atomic E-state index is -0.837. The van der Waals surface area contributed by atoms with Crippen molar-refractivity contribution in [3.63, 3.8) is 0 Å². The Labute approximate surface area is 135 Å². The van der Waals surface area contributed by atoms with Crippen LogP contribution >= 0.6 is 0 Å². The Morgan fingerprint density at radius 3 is 2.87 bits per heavy atom. The maximum atomic E-state index is 12.5. The number of aromatic nitrogens is 1. The van der Waals surface area contributed by atoms with Gasteiger partial charge in [0, 0.05) is 38.2 Å². The van der Waals surface area contributed by atoms with Crippen LogP contribution in [0.1, 0.15) is 41.4 Å². The molecule has 3 heterocycles. The van der Waals surface area contributed by atoms with Gasteiger partial charge < -0.3 is 19.3 Å². The van der Waals surface area contributed by atoms with E-state index in [2.05, 4.69) is 10.1 Å². The van der Waals surface area contributed by atoms with E-state index < -0.39 is 5.60 Å². The molecule has 0 radical (unpaired) electrons. The standard InChI is InChI=1S/C16H23N3O4/c20-15(13-9-14(23-17-13)12-1-2-12)19-4-3-16(21,11-19)10-18-5-7-22-8-6-18/h9,12,21H,1-8,10-11H2/t16-/m1/s1. The normalized spacial score (nSPS) is 29.2. The number of amides is 1. The summed E-state index contributed by atoms with van der Waals surface area (Å²) in [4.78, 5) is 16.4. The Morgan fingerprint density at radius 2 is 2.13 bits per heavy atom. The summed E-state index contributed by atoms with van der Waals surface area (Å²) in [5.41, 5.74) is -0.474. The summed E-state index contributed by atoms with van der Waals surface area (Å²) in [7, 11) is 0. The van der Waals surface area contributed by atoms with Crippen molar-refractivity contribution in [2.45, 2.75) is 30.8 Å². The van der Waals surface area contributed by atoms with Crippen molar-refractivity contribution >= 4 is 5.91 Å². The number of morpholine rings is 1. The van der Waals surface area contributed by atoms with Crippen molar-refractivity contribution in [2.75, 3.05) is 45.9 Å². The molecule has 2 aliphatic heterocycles. The minimum absolute atomic E-state index is 0.140. The van der Waals surface area contributed by atoms with Crippen LogP contribution in [0.25, 0.3) is 0 Å². The maximum absolute atomic E-state index is 12.5. The zero-order valence-corrected chi connectivity index (χ0v) is 13.2. The zero-order chi connectivity index (χ0) is 15.9. The topological polar surface area (TPSA) is 79.0 Å². The maximum Gasteiger partial charge on any atom is 0.276 e.